The van der Waals surface area contributed by atoms with E-state index >= 15 is 0 Å². The van der Waals surface area contributed by atoms with Gasteiger partial charge in [-0.15, -0.1) is 0 Å². The molecular formula is C14H20FNS. The third kappa shape index (κ3) is 3.46. The molecule has 94 valence electrons. The second-order valence-electron chi connectivity index (χ2n) is 4.59. The maximum absolute atomic E-state index is 12.9. The molecule has 1 aromatic carbocycles. The van der Waals surface area contributed by atoms with Crippen LogP contribution in [0.2, 0.25) is 0 Å². The number of nitrogens with zero attached hydrogens (tertiary/aromatic N) is 1. The van der Waals surface area contributed by atoms with Gasteiger partial charge in [0.15, 0.2) is 0 Å². The second kappa shape index (κ2) is 6.41. The SMILES string of the molecule is CSCCN1CCCC[C@@H]1c1ccc(F)cc1. The predicted octanol–water partition coefficient (Wildman–Crippen LogP) is 3.72. The zero-order chi connectivity index (χ0) is 12.1. The van der Waals surface area contributed by atoms with E-state index in [-0.39, 0.29) is 5.82 Å². The van der Waals surface area contributed by atoms with Gasteiger partial charge >= 0.3 is 0 Å². The first-order valence-corrected chi connectivity index (χ1v) is 7.69. The number of piperidine rings is 1. The van der Waals surface area contributed by atoms with Crippen molar-refractivity contribution in [2.24, 2.45) is 0 Å². The van der Waals surface area contributed by atoms with Crippen LogP contribution in [0.4, 0.5) is 4.39 Å². The molecule has 17 heavy (non-hydrogen) atoms. The van der Waals surface area contributed by atoms with Crippen LogP contribution in [0.15, 0.2) is 24.3 Å². The molecule has 1 saturated heterocycles. The predicted molar refractivity (Wildman–Crippen MR) is 72.9 cm³/mol. The zero-order valence-electron chi connectivity index (χ0n) is 10.4. The van der Waals surface area contributed by atoms with Crippen molar-refractivity contribution in [3.05, 3.63) is 35.6 Å². The molecule has 0 aliphatic carbocycles. The molecule has 1 fully saturated rings. The number of thioether (sulfide) groups is 1. The standard InChI is InChI=1S/C14H20FNS/c1-17-11-10-16-9-3-2-4-14(16)12-5-7-13(15)8-6-12/h5-8,14H,2-4,9-11H2,1H3/t14-/m1/s1. The first-order chi connectivity index (χ1) is 8.31. The van der Waals surface area contributed by atoms with Gasteiger partial charge in [-0.05, 0) is 43.3 Å². The van der Waals surface area contributed by atoms with Crippen LogP contribution < -0.4 is 0 Å². The Balaban J connectivity index is 2.07. The Bertz CT molecular complexity index is 339. The molecule has 1 nitrogen and oxygen atoms in total. The van der Waals surface area contributed by atoms with Crippen LogP contribution >= 0.6 is 11.8 Å². The summed E-state index contributed by atoms with van der Waals surface area (Å²) in [6, 6.07) is 7.54. The molecule has 0 saturated carbocycles. The molecule has 1 atom stereocenters. The number of halogens is 1. The maximum atomic E-state index is 12.9. The van der Waals surface area contributed by atoms with Gasteiger partial charge in [0.2, 0.25) is 0 Å². The van der Waals surface area contributed by atoms with E-state index in [1.165, 1.54) is 37.1 Å². The first-order valence-electron chi connectivity index (χ1n) is 6.29. The first kappa shape index (κ1) is 12.9. The third-order valence-corrected chi connectivity index (χ3v) is 4.04. The summed E-state index contributed by atoms with van der Waals surface area (Å²) in [5.41, 5.74) is 1.27. The van der Waals surface area contributed by atoms with Crippen LogP contribution in [0.1, 0.15) is 30.9 Å². The number of likely N-dealkylation sites (tertiary alicyclic amines) is 1. The molecule has 1 heterocycles. The van der Waals surface area contributed by atoms with E-state index in [1.54, 1.807) is 12.1 Å². The highest BCUT2D eigenvalue weighted by atomic mass is 32.2. The molecule has 0 aromatic heterocycles. The van der Waals surface area contributed by atoms with Gasteiger partial charge < -0.3 is 0 Å². The van der Waals surface area contributed by atoms with Gasteiger partial charge in [-0.25, -0.2) is 4.39 Å². The minimum atomic E-state index is -0.139. The fourth-order valence-electron chi connectivity index (χ4n) is 2.53. The van der Waals surface area contributed by atoms with Gasteiger partial charge in [0.1, 0.15) is 5.82 Å². The highest BCUT2D eigenvalue weighted by Crippen LogP contribution is 2.30. The Kier molecular flexibility index (Phi) is 4.86. The lowest BCUT2D eigenvalue weighted by molar-refractivity contribution is 0.158. The minimum Gasteiger partial charge on any atom is -0.296 e. The van der Waals surface area contributed by atoms with Crippen molar-refractivity contribution in [1.82, 2.24) is 4.90 Å². The average molecular weight is 253 g/mol. The maximum Gasteiger partial charge on any atom is 0.123 e. The zero-order valence-corrected chi connectivity index (χ0v) is 11.2. The smallest absolute Gasteiger partial charge is 0.123 e. The molecule has 1 aromatic rings. The van der Waals surface area contributed by atoms with Gasteiger partial charge in [0.05, 0.1) is 0 Å². The van der Waals surface area contributed by atoms with Gasteiger partial charge in [0.25, 0.3) is 0 Å². The van der Waals surface area contributed by atoms with Crippen LogP contribution in [0, 0.1) is 5.82 Å². The molecule has 1 aliphatic rings. The van der Waals surface area contributed by atoms with Gasteiger partial charge in [-0.1, -0.05) is 18.6 Å². The summed E-state index contributed by atoms with van der Waals surface area (Å²) in [6.07, 6.45) is 5.95. The molecule has 0 amide bonds. The van der Waals surface area contributed by atoms with Gasteiger partial charge in [-0.2, -0.15) is 11.8 Å². The monoisotopic (exact) mass is 253 g/mol. The fourth-order valence-corrected chi connectivity index (χ4v) is 2.95. The van der Waals surface area contributed by atoms with Crippen molar-refractivity contribution in [3.63, 3.8) is 0 Å². The van der Waals surface area contributed by atoms with E-state index in [0.717, 1.165) is 6.54 Å². The average Bonchev–Trinajstić information content (AvgIpc) is 2.38. The van der Waals surface area contributed by atoms with E-state index < -0.39 is 0 Å². The number of rotatable bonds is 4. The largest absolute Gasteiger partial charge is 0.296 e. The summed E-state index contributed by atoms with van der Waals surface area (Å²) in [5, 5.41) is 0. The highest BCUT2D eigenvalue weighted by Gasteiger charge is 2.23. The summed E-state index contributed by atoms with van der Waals surface area (Å²) < 4.78 is 12.9. The second-order valence-corrected chi connectivity index (χ2v) is 5.58. The normalized spacial score (nSPS) is 21.6. The summed E-state index contributed by atoms with van der Waals surface area (Å²) in [5.74, 6) is 1.04. The summed E-state index contributed by atoms with van der Waals surface area (Å²) in [4.78, 5) is 2.55. The molecule has 0 N–H and O–H groups in total. The van der Waals surface area contributed by atoms with E-state index in [2.05, 4.69) is 11.2 Å². The van der Waals surface area contributed by atoms with E-state index in [9.17, 15) is 4.39 Å². The van der Waals surface area contributed by atoms with Crippen molar-refractivity contribution in [2.75, 3.05) is 25.1 Å². The highest BCUT2D eigenvalue weighted by molar-refractivity contribution is 7.98. The molecular weight excluding hydrogens is 233 g/mol. The van der Waals surface area contributed by atoms with Crippen molar-refractivity contribution in [3.8, 4) is 0 Å². The van der Waals surface area contributed by atoms with Gasteiger partial charge in [-0.3, -0.25) is 4.90 Å². The van der Waals surface area contributed by atoms with Crippen LogP contribution in [0.5, 0.6) is 0 Å². The number of hydrogen-bond donors (Lipinski definition) is 0. The Morgan fingerprint density at radius 1 is 1.29 bits per heavy atom. The Labute approximate surface area is 107 Å². The van der Waals surface area contributed by atoms with Crippen molar-refractivity contribution < 1.29 is 4.39 Å². The number of benzene rings is 1. The molecule has 3 heteroatoms. The molecule has 2 rings (SSSR count). The lowest BCUT2D eigenvalue weighted by Crippen LogP contribution is -2.35. The van der Waals surface area contributed by atoms with E-state index in [0.29, 0.717) is 6.04 Å². The van der Waals surface area contributed by atoms with Crippen LogP contribution in [-0.2, 0) is 0 Å². The topological polar surface area (TPSA) is 3.24 Å². The Morgan fingerprint density at radius 2 is 2.06 bits per heavy atom. The van der Waals surface area contributed by atoms with Crippen molar-refractivity contribution >= 4 is 11.8 Å². The van der Waals surface area contributed by atoms with E-state index in [4.69, 9.17) is 0 Å². The third-order valence-electron chi connectivity index (χ3n) is 3.45. The summed E-state index contributed by atoms with van der Waals surface area (Å²) in [6.45, 7) is 2.33. The minimum absolute atomic E-state index is 0.139. The lowest BCUT2D eigenvalue weighted by atomic mass is 9.95. The van der Waals surface area contributed by atoms with Crippen molar-refractivity contribution in [1.29, 1.82) is 0 Å². The fraction of sp³-hybridized carbons (Fsp3) is 0.571. The molecule has 1 aliphatic heterocycles. The lowest BCUT2D eigenvalue weighted by Gasteiger charge is -2.36. The summed E-state index contributed by atoms with van der Waals surface area (Å²) >= 11 is 1.89. The van der Waals surface area contributed by atoms with Crippen molar-refractivity contribution in [2.45, 2.75) is 25.3 Å². The van der Waals surface area contributed by atoms with Crippen LogP contribution in [0.3, 0.4) is 0 Å². The molecule has 0 unspecified atom stereocenters. The molecule has 0 radical (unpaired) electrons. The Morgan fingerprint density at radius 3 is 2.76 bits per heavy atom. The number of hydrogen-bond acceptors (Lipinski definition) is 2. The summed E-state index contributed by atoms with van der Waals surface area (Å²) in [7, 11) is 0. The quantitative estimate of drug-likeness (QED) is 0.804. The van der Waals surface area contributed by atoms with Gasteiger partial charge in [0, 0.05) is 18.3 Å². The molecule has 0 spiro atoms. The Hall–Kier alpha value is -0.540. The van der Waals surface area contributed by atoms with E-state index in [1.807, 2.05) is 23.9 Å². The van der Waals surface area contributed by atoms with Crippen LogP contribution in [0.25, 0.3) is 0 Å². The van der Waals surface area contributed by atoms with Crippen LogP contribution in [-0.4, -0.2) is 30.0 Å². The molecule has 0 bridgehead atoms.